The fraction of sp³-hybridized carbons (Fsp3) is 0.333. The molecule has 1 aliphatic rings. The predicted molar refractivity (Wildman–Crippen MR) is 104 cm³/mol. The lowest BCUT2D eigenvalue weighted by atomic mass is 10.1. The van der Waals surface area contributed by atoms with Crippen LogP contribution in [0.1, 0.15) is 27.9 Å². The van der Waals surface area contributed by atoms with Crippen molar-refractivity contribution in [2.75, 3.05) is 19.6 Å². The summed E-state index contributed by atoms with van der Waals surface area (Å²) in [5, 5.41) is 5.52. The second-order valence-corrected chi connectivity index (χ2v) is 6.95. The Hall–Kier alpha value is -3.22. The zero-order valence-corrected chi connectivity index (χ0v) is 15.9. The SMILES string of the molecule is Cc1ccc(CN2CC(C(=O)NCCNC(=O)c3cccnc3)CC2=O)cc1. The van der Waals surface area contributed by atoms with Crippen LogP contribution in [0.2, 0.25) is 0 Å². The molecule has 2 N–H and O–H groups in total. The molecule has 0 aliphatic carbocycles. The standard InChI is InChI=1S/C21H24N4O3/c1-15-4-6-16(7-5-15)13-25-14-18(11-19(25)26)21(28)24-10-9-23-20(27)17-3-2-8-22-12-17/h2-8,12,18H,9-11,13-14H2,1H3,(H,23,27)(H,24,28). The summed E-state index contributed by atoms with van der Waals surface area (Å²) in [5.74, 6) is -0.754. The van der Waals surface area contributed by atoms with Crippen molar-refractivity contribution in [3.63, 3.8) is 0 Å². The quantitative estimate of drug-likeness (QED) is 0.708. The van der Waals surface area contributed by atoms with Gasteiger partial charge in [-0.3, -0.25) is 19.4 Å². The third kappa shape index (κ3) is 5.16. The molecule has 1 aromatic heterocycles. The Morgan fingerprint density at radius 2 is 1.89 bits per heavy atom. The number of amides is 3. The Bertz CT molecular complexity index is 836. The minimum atomic E-state index is -0.355. The fourth-order valence-corrected chi connectivity index (χ4v) is 3.12. The molecular weight excluding hydrogens is 356 g/mol. The van der Waals surface area contributed by atoms with E-state index in [1.807, 2.05) is 31.2 Å². The molecule has 1 unspecified atom stereocenters. The van der Waals surface area contributed by atoms with Gasteiger partial charge >= 0.3 is 0 Å². The van der Waals surface area contributed by atoms with E-state index in [4.69, 9.17) is 0 Å². The highest BCUT2D eigenvalue weighted by molar-refractivity contribution is 5.93. The van der Waals surface area contributed by atoms with Crippen LogP contribution in [-0.4, -0.2) is 47.2 Å². The molecule has 1 aliphatic heterocycles. The highest BCUT2D eigenvalue weighted by Gasteiger charge is 2.33. The zero-order chi connectivity index (χ0) is 19.9. The van der Waals surface area contributed by atoms with Crippen LogP contribution in [-0.2, 0) is 16.1 Å². The van der Waals surface area contributed by atoms with Gasteiger partial charge in [0.25, 0.3) is 5.91 Å². The second-order valence-electron chi connectivity index (χ2n) is 6.95. The van der Waals surface area contributed by atoms with E-state index in [0.29, 0.717) is 31.7 Å². The number of benzene rings is 1. The highest BCUT2D eigenvalue weighted by Crippen LogP contribution is 2.20. The van der Waals surface area contributed by atoms with E-state index >= 15 is 0 Å². The van der Waals surface area contributed by atoms with Crippen molar-refractivity contribution in [3.05, 3.63) is 65.5 Å². The minimum Gasteiger partial charge on any atom is -0.354 e. The number of aryl methyl sites for hydroxylation is 1. The Labute approximate surface area is 164 Å². The lowest BCUT2D eigenvalue weighted by Crippen LogP contribution is -2.38. The van der Waals surface area contributed by atoms with Crippen LogP contribution in [0, 0.1) is 12.8 Å². The van der Waals surface area contributed by atoms with E-state index in [0.717, 1.165) is 5.56 Å². The summed E-state index contributed by atoms with van der Waals surface area (Å²) in [6.45, 7) is 3.58. The van der Waals surface area contributed by atoms with Gasteiger partial charge in [0.15, 0.2) is 0 Å². The predicted octanol–water partition coefficient (Wildman–Crippen LogP) is 1.28. The first kappa shape index (κ1) is 19.5. The summed E-state index contributed by atoms with van der Waals surface area (Å²) >= 11 is 0. The second kappa shape index (κ2) is 9.12. The van der Waals surface area contributed by atoms with E-state index in [9.17, 15) is 14.4 Å². The number of rotatable bonds is 7. The van der Waals surface area contributed by atoms with Gasteiger partial charge in [-0.1, -0.05) is 29.8 Å². The molecule has 0 spiro atoms. The van der Waals surface area contributed by atoms with Gasteiger partial charge in [0.1, 0.15) is 0 Å². The number of carbonyl (C=O) groups is 3. The Kier molecular flexibility index (Phi) is 6.37. The van der Waals surface area contributed by atoms with E-state index < -0.39 is 0 Å². The fourth-order valence-electron chi connectivity index (χ4n) is 3.12. The smallest absolute Gasteiger partial charge is 0.252 e. The molecule has 1 atom stereocenters. The molecule has 0 saturated carbocycles. The summed E-state index contributed by atoms with van der Waals surface area (Å²) in [4.78, 5) is 42.1. The molecule has 0 radical (unpaired) electrons. The van der Waals surface area contributed by atoms with Gasteiger partial charge in [-0.15, -0.1) is 0 Å². The number of likely N-dealkylation sites (tertiary alicyclic amines) is 1. The number of nitrogens with zero attached hydrogens (tertiary/aromatic N) is 2. The summed E-state index contributed by atoms with van der Waals surface area (Å²) in [6.07, 6.45) is 3.31. The molecule has 0 bridgehead atoms. The molecule has 7 nitrogen and oxygen atoms in total. The number of pyridine rings is 1. The van der Waals surface area contributed by atoms with Crippen LogP contribution in [0.15, 0.2) is 48.8 Å². The molecule has 28 heavy (non-hydrogen) atoms. The molecule has 3 amide bonds. The van der Waals surface area contributed by atoms with Crippen molar-refractivity contribution in [3.8, 4) is 0 Å². The highest BCUT2D eigenvalue weighted by atomic mass is 16.2. The average Bonchev–Trinajstić information content (AvgIpc) is 3.08. The number of carbonyl (C=O) groups excluding carboxylic acids is 3. The summed E-state index contributed by atoms with van der Waals surface area (Å²) < 4.78 is 0. The van der Waals surface area contributed by atoms with Crippen molar-refractivity contribution in [2.45, 2.75) is 19.9 Å². The first-order chi connectivity index (χ1) is 13.5. The molecule has 7 heteroatoms. The van der Waals surface area contributed by atoms with Crippen molar-refractivity contribution >= 4 is 17.7 Å². The third-order valence-corrected chi connectivity index (χ3v) is 4.71. The van der Waals surface area contributed by atoms with Gasteiger partial charge in [0.2, 0.25) is 11.8 Å². The normalized spacial score (nSPS) is 16.1. The van der Waals surface area contributed by atoms with Crippen LogP contribution in [0.5, 0.6) is 0 Å². The first-order valence-corrected chi connectivity index (χ1v) is 9.32. The summed E-state index contributed by atoms with van der Waals surface area (Å²) in [6, 6.07) is 11.4. The molecule has 146 valence electrons. The monoisotopic (exact) mass is 380 g/mol. The van der Waals surface area contributed by atoms with Gasteiger partial charge in [-0.2, -0.15) is 0 Å². The average molecular weight is 380 g/mol. The lowest BCUT2D eigenvalue weighted by Gasteiger charge is -2.17. The minimum absolute atomic E-state index is 0.00870. The largest absolute Gasteiger partial charge is 0.354 e. The van der Waals surface area contributed by atoms with E-state index in [1.165, 1.54) is 11.8 Å². The number of hydrogen-bond acceptors (Lipinski definition) is 4. The van der Waals surface area contributed by atoms with Gasteiger partial charge in [-0.05, 0) is 24.6 Å². The van der Waals surface area contributed by atoms with Crippen molar-refractivity contribution in [2.24, 2.45) is 5.92 Å². The van der Waals surface area contributed by atoms with Crippen LogP contribution >= 0.6 is 0 Å². The van der Waals surface area contributed by atoms with Crippen LogP contribution in [0.4, 0.5) is 0 Å². The van der Waals surface area contributed by atoms with Gasteiger partial charge in [0.05, 0.1) is 11.5 Å². The van der Waals surface area contributed by atoms with Crippen molar-refractivity contribution in [1.82, 2.24) is 20.5 Å². The zero-order valence-electron chi connectivity index (χ0n) is 15.9. The molecular formula is C21H24N4O3. The molecule has 1 aromatic carbocycles. The van der Waals surface area contributed by atoms with Crippen molar-refractivity contribution in [1.29, 1.82) is 0 Å². The molecule has 2 aromatic rings. The summed E-state index contributed by atoms with van der Waals surface area (Å²) in [7, 11) is 0. The summed E-state index contributed by atoms with van der Waals surface area (Å²) in [5.41, 5.74) is 2.70. The molecule has 2 heterocycles. The number of aromatic nitrogens is 1. The maximum Gasteiger partial charge on any atom is 0.252 e. The number of nitrogens with one attached hydrogen (secondary N) is 2. The molecule has 1 saturated heterocycles. The van der Waals surface area contributed by atoms with Gasteiger partial charge < -0.3 is 15.5 Å². The van der Waals surface area contributed by atoms with Crippen molar-refractivity contribution < 1.29 is 14.4 Å². The van der Waals surface area contributed by atoms with Crippen LogP contribution in [0.3, 0.4) is 0 Å². The molecule has 3 rings (SSSR count). The van der Waals surface area contributed by atoms with Crippen LogP contribution < -0.4 is 10.6 Å². The lowest BCUT2D eigenvalue weighted by molar-refractivity contribution is -0.129. The van der Waals surface area contributed by atoms with E-state index in [1.54, 1.807) is 23.2 Å². The van der Waals surface area contributed by atoms with E-state index in [-0.39, 0.29) is 30.1 Å². The maximum atomic E-state index is 12.3. The Balaban J connectivity index is 1.40. The van der Waals surface area contributed by atoms with Gasteiger partial charge in [-0.25, -0.2) is 0 Å². The van der Waals surface area contributed by atoms with Gasteiger partial charge in [0, 0.05) is 45.0 Å². The Morgan fingerprint density at radius 1 is 1.14 bits per heavy atom. The first-order valence-electron chi connectivity index (χ1n) is 9.32. The van der Waals surface area contributed by atoms with Crippen LogP contribution in [0.25, 0.3) is 0 Å². The number of hydrogen-bond donors (Lipinski definition) is 2. The Morgan fingerprint density at radius 3 is 2.61 bits per heavy atom. The van der Waals surface area contributed by atoms with E-state index in [2.05, 4.69) is 15.6 Å². The third-order valence-electron chi connectivity index (χ3n) is 4.71. The topological polar surface area (TPSA) is 91.4 Å². The molecule has 1 fully saturated rings. The maximum absolute atomic E-state index is 12.3.